The van der Waals surface area contributed by atoms with E-state index in [1.54, 1.807) is 0 Å². The van der Waals surface area contributed by atoms with Crippen LogP contribution in [0.5, 0.6) is 11.5 Å². The molecule has 9 heteroatoms. The smallest absolute Gasteiger partial charge is 0.264 e. The monoisotopic (exact) mass is 363 g/mol. The molecule has 0 aliphatic carbocycles. The predicted molar refractivity (Wildman–Crippen MR) is 81.7 cm³/mol. The second-order valence-corrected chi connectivity index (χ2v) is 6.43. The summed E-state index contributed by atoms with van der Waals surface area (Å²) in [5.74, 6) is -1.78. The molecule has 0 bridgehead atoms. The molecule has 0 spiro atoms. The van der Waals surface area contributed by atoms with Crippen molar-refractivity contribution < 1.29 is 26.7 Å². The van der Waals surface area contributed by atoms with E-state index in [2.05, 4.69) is 4.72 Å². The minimum absolute atomic E-state index is 0.00234. The summed E-state index contributed by atoms with van der Waals surface area (Å²) in [5, 5.41) is 0.209. The van der Waals surface area contributed by atoms with E-state index in [9.17, 15) is 17.2 Å². The van der Waals surface area contributed by atoms with E-state index < -0.39 is 26.6 Å². The highest BCUT2D eigenvalue weighted by Gasteiger charge is 2.22. The molecule has 23 heavy (non-hydrogen) atoms. The van der Waals surface area contributed by atoms with Gasteiger partial charge in [-0.3, -0.25) is 4.72 Å². The molecule has 0 amide bonds. The first-order chi connectivity index (χ1) is 10.8. The van der Waals surface area contributed by atoms with Crippen LogP contribution in [0.15, 0.2) is 35.2 Å². The summed E-state index contributed by atoms with van der Waals surface area (Å²) < 4.78 is 63.4. The normalized spacial score (nSPS) is 11.2. The molecular formula is C14H12ClF2NO4S. The zero-order valence-electron chi connectivity index (χ0n) is 12.1. The lowest BCUT2D eigenvalue weighted by Gasteiger charge is -2.14. The number of hydrogen-bond donors (Lipinski definition) is 1. The largest absolute Gasteiger partial charge is 0.495 e. The van der Waals surface area contributed by atoms with E-state index in [-0.39, 0.29) is 22.2 Å². The van der Waals surface area contributed by atoms with Crippen molar-refractivity contribution in [1.82, 2.24) is 0 Å². The molecule has 0 radical (unpaired) electrons. The lowest BCUT2D eigenvalue weighted by molar-refractivity contribution is 0.405. The lowest BCUT2D eigenvalue weighted by atomic mass is 10.3. The summed E-state index contributed by atoms with van der Waals surface area (Å²) in [4.78, 5) is -0.699. The summed E-state index contributed by atoms with van der Waals surface area (Å²) >= 11 is 5.93. The number of hydrogen-bond acceptors (Lipinski definition) is 4. The van der Waals surface area contributed by atoms with Crippen molar-refractivity contribution in [3.8, 4) is 11.5 Å². The Morgan fingerprint density at radius 3 is 2.26 bits per heavy atom. The van der Waals surface area contributed by atoms with E-state index >= 15 is 0 Å². The lowest BCUT2D eigenvalue weighted by Crippen LogP contribution is -2.15. The molecule has 0 unspecified atom stereocenters. The SMILES string of the molecule is COc1cc(NS(=O)(=O)c2ccc(F)cc2F)c(OC)cc1Cl. The summed E-state index contributed by atoms with van der Waals surface area (Å²) in [6.45, 7) is 0. The van der Waals surface area contributed by atoms with Gasteiger partial charge in [0.1, 0.15) is 28.0 Å². The number of nitrogens with one attached hydrogen (secondary N) is 1. The molecule has 0 atom stereocenters. The number of rotatable bonds is 5. The van der Waals surface area contributed by atoms with Crippen LogP contribution in [0.3, 0.4) is 0 Å². The number of benzene rings is 2. The highest BCUT2D eigenvalue weighted by atomic mass is 35.5. The molecule has 0 aliphatic rings. The standard InChI is InChI=1S/C14H12ClF2NO4S/c1-21-12-7-11(13(22-2)6-9(12)15)18-23(19,20)14-4-3-8(16)5-10(14)17/h3-7,18H,1-2H3. The molecule has 0 saturated carbocycles. The Morgan fingerprint density at radius 1 is 1.04 bits per heavy atom. The third-order valence-electron chi connectivity index (χ3n) is 2.90. The summed E-state index contributed by atoms with van der Waals surface area (Å²) in [5.41, 5.74) is -0.00234. The van der Waals surface area contributed by atoms with E-state index in [1.165, 1.54) is 26.4 Å². The van der Waals surface area contributed by atoms with Gasteiger partial charge in [-0.15, -0.1) is 0 Å². The molecule has 1 N–H and O–H groups in total. The number of sulfonamides is 1. The molecule has 2 rings (SSSR count). The van der Waals surface area contributed by atoms with Crippen LogP contribution in [0.2, 0.25) is 5.02 Å². The van der Waals surface area contributed by atoms with E-state index in [4.69, 9.17) is 21.1 Å². The highest BCUT2D eigenvalue weighted by molar-refractivity contribution is 7.92. The van der Waals surface area contributed by atoms with Crippen LogP contribution in [0.4, 0.5) is 14.5 Å². The topological polar surface area (TPSA) is 64.6 Å². The van der Waals surface area contributed by atoms with Crippen molar-refractivity contribution in [2.24, 2.45) is 0 Å². The Balaban J connectivity index is 2.48. The molecule has 0 heterocycles. The van der Waals surface area contributed by atoms with Crippen LogP contribution >= 0.6 is 11.6 Å². The molecule has 2 aromatic rings. The number of ether oxygens (including phenoxy) is 2. The van der Waals surface area contributed by atoms with Crippen LogP contribution in [0, 0.1) is 11.6 Å². The van der Waals surface area contributed by atoms with Gasteiger partial charge in [-0.1, -0.05) is 11.6 Å². The highest BCUT2D eigenvalue weighted by Crippen LogP contribution is 2.37. The summed E-state index contributed by atoms with van der Waals surface area (Å²) in [7, 11) is -1.63. The van der Waals surface area contributed by atoms with Gasteiger partial charge in [-0.25, -0.2) is 17.2 Å². The molecule has 0 fully saturated rings. The van der Waals surface area contributed by atoms with Crippen LogP contribution in [-0.2, 0) is 10.0 Å². The van der Waals surface area contributed by atoms with Gasteiger partial charge >= 0.3 is 0 Å². The minimum atomic E-state index is -4.30. The Morgan fingerprint density at radius 2 is 1.70 bits per heavy atom. The van der Waals surface area contributed by atoms with Gasteiger partial charge in [0.25, 0.3) is 10.0 Å². The number of methoxy groups -OCH3 is 2. The van der Waals surface area contributed by atoms with Gasteiger partial charge in [0.05, 0.1) is 24.9 Å². The molecule has 0 saturated heterocycles. The van der Waals surface area contributed by atoms with Crippen LogP contribution < -0.4 is 14.2 Å². The van der Waals surface area contributed by atoms with Gasteiger partial charge < -0.3 is 9.47 Å². The van der Waals surface area contributed by atoms with Crippen molar-refractivity contribution in [2.45, 2.75) is 4.90 Å². The second kappa shape index (κ2) is 6.59. The maximum absolute atomic E-state index is 13.7. The van der Waals surface area contributed by atoms with Gasteiger partial charge in [0.2, 0.25) is 0 Å². The molecule has 5 nitrogen and oxygen atoms in total. The fourth-order valence-corrected chi connectivity index (χ4v) is 3.19. The third-order valence-corrected chi connectivity index (χ3v) is 4.60. The fourth-order valence-electron chi connectivity index (χ4n) is 1.83. The molecule has 0 aliphatic heterocycles. The first kappa shape index (κ1) is 17.3. The van der Waals surface area contributed by atoms with E-state index in [0.29, 0.717) is 6.07 Å². The fraction of sp³-hybridized carbons (Fsp3) is 0.143. The average Bonchev–Trinajstić information content (AvgIpc) is 2.47. The van der Waals surface area contributed by atoms with Crippen molar-refractivity contribution in [2.75, 3.05) is 18.9 Å². The van der Waals surface area contributed by atoms with Crippen molar-refractivity contribution >= 4 is 27.3 Å². The Kier molecular flexibility index (Phi) is 4.96. The summed E-state index contributed by atoms with van der Waals surface area (Å²) in [6.07, 6.45) is 0. The van der Waals surface area contributed by atoms with Gasteiger partial charge in [-0.05, 0) is 12.1 Å². The van der Waals surface area contributed by atoms with Crippen molar-refractivity contribution in [3.63, 3.8) is 0 Å². The van der Waals surface area contributed by atoms with Gasteiger partial charge in [-0.2, -0.15) is 0 Å². The first-order valence-corrected chi connectivity index (χ1v) is 8.04. The van der Waals surface area contributed by atoms with Crippen LogP contribution in [-0.4, -0.2) is 22.6 Å². The maximum Gasteiger partial charge on any atom is 0.264 e. The van der Waals surface area contributed by atoms with Gasteiger partial charge in [0, 0.05) is 18.2 Å². The van der Waals surface area contributed by atoms with E-state index in [0.717, 1.165) is 12.1 Å². The number of halogens is 3. The first-order valence-electron chi connectivity index (χ1n) is 6.18. The maximum atomic E-state index is 13.7. The van der Waals surface area contributed by atoms with Crippen LogP contribution in [0.25, 0.3) is 0 Å². The second-order valence-electron chi connectivity index (χ2n) is 4.37. The van der Waals surface area contributed by atoms with Crippen LogP contribution in [0.1, 0.15) is 0 Å². The third kappa shape index (κ3) is 3.65. The summed E-state index contributed by atoms with van der Waals surface area (Å²) in [6, 6.07) is 4.79. The van der Waals surface area contributed by atoms with E-state index in [1.807, 2.05) is 0 Å². The van der Waals surface area contributed by atoms with Gasteiger partial charge in [0.15, 0.2) is 0 Å². The average molecular weight is 364 g/mol. The molecular weight excluding hydrogens is 352 g/mol. The zero-order chi connectivity index (χ0) is 17.2. The Labute approximate surface area is 136 Å². The quantitative estimate of drug-likeness (QED) is 0.883. The number of anilines is 1. The van der Waals surface area contributed by atoms with Crippen molar-refractivity contribution in [3.05, 3.63) is 47.0 Å². The minimum Gasteiger partial charge on any atom is -0.495 e. The molecule has 2 aromatic carbocycles. The Bertz CT molecular complexity index is 843. The Hall–Kier alpha value is -2.06. The zero-order valence-corrected chi connectivity index (χ0v) is 13.6. The predicted octanol–water partition coefficient (Wildman–Crippen LogP) is 3.44. The molecule has 0 aromatic heterocycles. The van der Waals surface area contributed by atoms with Crippen molar-refractivity contribution in [1.29, 1.82) is 0 Å². The molecule has 124 valence electrons.